The molecule has 3 aromatic rings. The maximum Gasteiger partial charge on any atom is 0.244 e. The quantitative estimate of drug-likeness (QED) is 0.650. The Bertz CT molecular complexity index is 1200. The van der Waals surface area contributed by atoms with Crippen LogP contribution < -0.4 is 19.9 Å². The van der Waals surface area contributed by atoms with Gasteiger partial charge in [0.05, 0.1) is 31.4 Å². The molecule has 0 bridgehead atoms. The number of methoxy groups -OCH3 is 2. The van der Waals surface area contributed by atoms with Crippen molar-refractivity contribution in [3.63, 3.8) is 0 Å². The number of allylic oxidation sites excluding steroid dienone is 1. The molecular formula is C21H16ClFN4O3. The highest BCUT2D eigenvalue weighted by Gasteiger charge is 2.38. The summed E-state index contributed by atoms with van der Waals surface area (Å²) in [5.41, 5.74) is 7.55. The van der Waals surface area contributed by atoms with Crippen molar-refractivity contribution >= 4 is 11.6 Å². The van der Waals surface area contributed by atoms with E-state index in [2.05, 4.69) is 10.2 Å². The molecule has 3 N–H and O–H groups in total. The maximum absolute atomic E-state index is 14.9. The fourth-order valence-corrected chi connectivity index (χ4v) is 3.81. The zero-order chi connectivity index (χ0) is 21.4. The zero-order valence-electron chi connectivity index (χ0n) is 16.0. The summed E-state index contributed by atoms with van der Waals surface area (Å²) in [7, 11) is 3.06. The van der Waals surface area contributed by atoms with Gasteiger partial charge in [0.25, 0.3) is 0 Å². The Morgan fingerprint density at radius 3 is 2.70 bits per heavy atom. The van der Waals surface area contributed by atoms with Crippen LogP contribution in [0.15, 0.2) is 47.9 Å². The van der Waals surface area contributed by atoms with Crippen LogP contribution in [0, 0.1) is 17.1 Å². The van der Waals surface area contributed by atoms with Crippen LogP contribution in [-0.2, 0) is 0 Å². The average Bonchev–Trinajstić information content (AvgIpc) is 3.16. The van der Waals surface area contributed by atoms with Crippen LogP contribution in [-0.4, -0.2) is 24.4 Å². The molecule has 2 heterocycles. The molecule has 30 heavy (non-hydrogen) atoms. The van der Waals surface area contributed by atoms with Crippen molar-refractivity contribution < 1.29 is 18.6 Å². The van der Waals surface area contributed by atoms with Gasteiger partial charge in [0.2, 0.25) is 11.8 Å². The van der Waals surface area contributed by atoms with E-state index in [-0.39, 0.29) is 27.9 Å². The number of nitrogens with two attached hydrogens (primary N) is 1. The number of H-pyrrole nitrogens is 1. The van der Waals surface area contributed by atoms with Crippen LogP contribution >= 0.6 is 11.6 Å². The number of rotatable bonds is 4. The number of nitrogens with one attached hydrogen (secondary N) is 1. The molecule has 0 saturated heterocycles. The SMILES string of the molecule is COc1ccc(OC)c(-c2[nH]nc3c2C(c2c(F)cccc2Cl)C(C#N)=C(N)O3)c1. The Hall–Kier alpha value is -3.70. The van der Waals surface area contributed by atoms with Gasteiger partial charge in [-0.15, -0.1) is 5.10 Å². The average molecular weight is 427 g/mol. The summed E-state index contributed by atoms with van der Waals surface area (Å²) in [6, 6.07) is 11.5. The molecule has 1 aliphatic heterocycles. The molecule has 0 amide bonds. The predicted octanol–water partition coefficient (Wildman–Crippen LogP) is 4.10. The second-order valence-corrected chi connectivity index (χ2v) is 6.85. The number of fused-ring (bicyclic) bond motifs is 1. The molecule has 0 spiro atoms. The summed E-state index contributed by atoms with van der Waals surface area (Å²) in [6.07, 6.45) is 0. The van der Waals surface area contributed by atoms with Gasteiger partial charge in [-0.25, -0.2) is 4.39 Å². The summed E-state index contributed by atoms with van der Waals surface area (Å²) >= 11 is 6.34. The van der Waals surface area contributed by atoms with Gasteiger partial charge < -0.3 is 19.9 Å². The van der Waals surface area contributed by atoms with Crippen molar-refractivity contribution in [2.75, 3.05) is 14.2 Å². The van der Waals surface area contributed by atoms with Crippen LogP contribution in [0.5, 0.6) is 17.4 Å². The Balaban J connectivity index is 2.03. The normalized spacial score (nSPS) is 15.2. The van der Waals surface area contributed by atoms with Gasteiger partial charge in [0.1, 0.15) is 29.0 Å². The first-order valence-electron chi connectivity index (χ1n) is 8.82. The lowest BCUT2D eigenvalue weighted by Gasteiger charge is -2.25. The molecular weight excluding hydrogens is 411 g/mol. The van der Waals surface area contributed by atoms with Crippen molar-refractivity contribution in [3.05, 3.63) is 69.8 Å². The minimum atomic E-state index is -0.933. The van der Waals surface area contributed by atoms with Gasteiger partial charge in [0, 0.05) is 16.1 Å². The maximum atomic E-state index is 14.9. The number of nitrogens with zero attached hydrogens (tertiary/aromatic N) is 2. The fraction of sp³-hybridized carbons (Fsp3) is 0.143. The molecule has 4 rings (SSSR count). The van der Waals surface area contributed by atoms with E-state index in [9.17, 15) is 9.65 Å². The predicted molar refractivity (Wildman–Crippen MR) is 108 cm³/mol. The van der Waals surface area contributed by atoms with E-state index >= 15 is 0 Å². The number of aromatic amines is 1. The number of ether oxygens (including phenoxy) is 3. The number of aromatic nitrogens is 2. The monoisotopic (exact) mass is 426 g/mol. The molecule has 0 fully saturated rings. The second kappa shape index (κ2) is 7.61. The van der Waals surface area contributed by atoms with Crippen LogP contribution in [0.25, 0.3) is 11.3 Å². The first kappa shape index (κ1) is 19.6. The van der Waals surface area contributed by atoms with E-state index < -0.39 is 11.7 Å². The van der Waals surface area contributed by atoms with Gasteiger partial charge in [-0.05, 0) is 30.3 Å². The van der Waals surface area contributed by atoms with E-state index in [1.165, 1.54) is 26.4 Å². The molecule has 0 saturated carbocycles. The van der Waals surface area contributed by atoms with E-state index in [1.807, 2.05) is 6.07 Å². The minimum Gasteiger partial charge on any atom is -0.497 e. The molecule has 1 unspecified atom stereocenters. The van der Waals surface area contributed by atoms with Crippen molar-refractivity contribution in [2.24, 2.45) is 5.73 Å². The van der Waals surface area contributed by atoms with E-state index in [0.29, 0.717) is 28.3 Å². The van der Waals surface area contributed by atoms with Crippen LogP contribution in [0.3, 0.4) is 0 Å². The van der Waals surface area contributed by atoms with Crippen LogP contribution in [0.4, 0.5) is 4.39 Å². The molecule has 152 valence electrons. The summed E-state index contributed by atoms with van der Waals surface area (Å²) in [5.74, 6) is -0.466. The molecule has 7 nitrogen and oxygen atoms in total. The third kappa shape index (κ3) is 3.00. The molecule has 1 atom stereocenters. The lowest BCUT2D eigenvalue weighted by atomic mass is 9.82. The van der Waals surface area contributed by atoms with Crippen molar-refractivity contribution in [3.8, 4) is 34.7 Å². The first-order valence-corrected chi connectivity index (χ1v) is 9.20. The van der Waals surface area contributed by atoms with Gasteiger partial charge in [-0.1, -0.05) is 17.7 Å². The first-order chi connectivity index (χ1) is 14.5. The fourth-order valence-electron chi connectivity index (χ4n) is 3.53. The smallest absolute Gasteiger partial charge is 0.244 e. The summed E-state index contributed by atoms with van der Waals surface area (Å²) in [6.45, 7) is 0. The Morgan fingerprint density at radius 2 is 2.03 bits per heavy atom. The number of nitriles is 1. The van der Waals surface area contributed by atoms with E-state index in [4.69, 9.17) is 31.5 Å². The Labute approximate surface area is 176 Å². The lowest BCUT2D eigenvalue weighted by molar-refractivity contribution is 0.378. The van der Waals surface area contributed by atoms with E-state index in [1.54, 1.807) is 24.3 Å². The molecule has 1 aromatic heterocycles. The van der Waals surface area contributed by atoms with Crippen molar-refractivity contribution in [1.29, 1.82) is 5.26 Å². The molecule has 0 aliphatic carbocycles. The van der Waals surface area contributed by atoms with Gasteiger partial charge in [-0.2, -0.15) is 5.26 Å². The molecule has 2 aromatic carbocycles. The number of hydrogen-bond acceptors (Lipinski definition) is 6. The van der Waals surface area contributed by atoms with Crippen LogP contribution in [0.2, 0.25) is 5.02 Å². The minimum absolute atomic E-state index is 0.0269. The van der Waals surface area contributed by atoms with Crippen molar-refractivity contribution in [1.82, 2.24) is 10.2 Å². The summed E-state index contributed by atoms with van der Waals surface area (Å²) < 4.78 is 31.2. The van der Waals surface area contributed by atoms with Gasteiger partial charge >= 0.3 is 0 Å². The number of halogens is 2. The van der Waals surface area contributed by atoms with Crippen molar-refractivity contribution in [2.45, 2.75) is 5.92 Å². The largest absolute Gasteiger partial charge is 0.497 e. The van der Waals surface area contributed by atoms with Gasteiger partial charge in [0.15, 0.2) is 0 Å². The third-order valence-electron chi connectivity index (χ3n) is 4.90. The molecule has 0 radical (unpaired) electrons. The summed E-state index contributed by atoms with van der Waals surface area (Å²) in [4.78, 5) is 0. The Kier molecular flexibility index (Phi) is 4.98. The Morgan fingerprint density at radius 1 is 1.23 bits per heavy atom. The second-order valence-electron chi connectivity index (χ2n) is 6.44. The standard InChI is InChI=1S/C21H16ClFN4O3/c1-28-10-6-7-15(29-2)11(8-10)19-18-16(17-13(22)4-3-5-14(17)23)12(9-24)20(25)30-21(18)27-26-19/h3-8,16H,25H2,1-2H3,(H,26,27). The van der Waals surface area contributed by atoms with Crippen LogP contribution in [0.1, 0.15) is 17.0 Å². The summed E-state index contributed by atoms with van der Waals surface area (Å²) in [5, 5.41) is 17.0. The van der Waals surface area contributed by atoms with Gasteiger partial charge in [-0.3, -0.25) is 5.10 Å². The highest BCUT2D eigenvalue weighted by molar-refractivity contribution is 6.31. The number of hydrogen-bond donors (Lipinski definition) is 2. The number of benzene rings is 2. The van der Waals surface area contributed by atoms with E-state index in [0.717, 1.165) is 0 Å². The molecule has 1 aliphatic rings. The topological polar surface area (TPSA) is 106 Å². The molecule has 9 heteroatoms. The third-order valence-corrected chi connectivity index (χ3v) is 5.23. The zero-order valence-corrected chi connectivity index (χ0v) is 16.7. The highest BCUT2D eigenvalue weighted by atomic mass is 35.5. The lowest BCUT2D eigenvalue weighted by Crippen LogP contribution is -2.21. The highest BCUT2D eigenvalue weighted by Crippen LogP contribution is 2.49.